The van der Waals surface area contributed by atoms with Crippen LogP contribution in [0.3, 0.4) is 0 Å². The highest BCUT2D eigenvalue weighted by Crippen LogP contribution is 2.57. The number of nitrogens with zero attached hydrogens (tertiary/aromatic N) is 1. The molecule has 6 heteroatoms. The van der Waals surface area contributed by atoms with Crippen LogP contribution in [0.1, 0.15) is 23.3 Å². The molecule has 0 unspecified atom stereocenters. The van der Waals surface area contributed by atoms with Crippen LogP contribution in [0.15, 0.2) is 102 Å². The maximum atomic E-state index is 12.1. The minimum absolute atomic E-state index is 0. The second-order valence-electron chi connectivity index (χ2n) is 6.82. The van der Waals surface area contributed by atoms with Gasteiger partial charge >= 0.3 is 5.97 Å². The molecule has 0 radical (unpaired) electrons. The molecule has 4 rings (SSSR count). The zero-order valence-corrected chi connectivity index (χ0v) is 19.6. The van der Waals surface area contributed by atoms with Gasteiger partial charge in [-0.15, -0.1) is 0 Å². The summed E-state index contributed by atoms with van der Waals surface area (Å²) in [5.41, 5.74) is 0.208. The van der Waals surface area contributed by atoms with Crippen LogP contribution in [0.25, 0.3) is 0 Å². The van der Waals surface area contributed by atoms with Crippen molar-refractivity contribution < 1.29 is 30.9 Å². The number of benzene rings is 3. The summed E-state index contributed by atoms with van der Waals surface area (Å²) in [6.07, 6.45) is 1.97. The maximum Gasteiger partial charge on any atom is 0.360 e. The van der Waals surface area contributed by atoms with Gasteiger partial charge in [-0.1, -0.05) is 54.6 Å². The number of oxazole rings is 1. The van der Waals surface area contributed by atoms with Gasteiger partial charge in [-0.25, -0.2) is 9.78 Å². The Morgan fingerprint density at radius 1 is 0.839 bits per heavy atom. The summed E-state index contributed by atoms with van der Waals surface area (Å²) in [6, 6.07) is 31.5. The average Bonchev–Trinajstić information content (AvgIpc) is 3.28. The predicted molar refractivity (Wildman–Crippen MR) is 121 cm³/mol. The topological polar surface area (TPSA) is 52.3 Å². The second kappa shape index (κ2) is 10.5. The van der Waals surface area contributed by atoms with Crippen LogP contribution in [0.4, 0.5) is 0 Å². The quantitative estimate of drug-likeness (QED) is 0.287. The molecular weight excluding hydrogens is 473 g/mol. The van der Waals surface area contributed by atoms with Crippen molar-refractivity contribution in [3.8, 4) is 0 Å². The molecule has 1 aromatic heterocycles. The molecule has 0 spiro atoms. The van der Waals surface area contributed by atoms with E-state index in [2.05, 4.69) is 77.8 Å². The van der Waals surface area contributed by atoms with E-state index in [0.29, 0.717) is 18.7 Å². The van der Waals surface area contributed by atoms with Gasteiger partial charge in [0.05, 0.1) is 6.61 Å². The van der Waals surface area contributed by atoms with Crippen molar-refractivity contribution >= 4 is 29.1 Å². The number of carbonyl (C=O) groups is 1. The lowest BCUT2D eigenvalue weighted by atomic mass is 10.4. The zero-order valence-electron chi connectivity index (χ0n) is 17.1. The smallest absolute Gasteiger partial charge is 0.360 e. The third-order valence-electron chi connectivity index (χ3n) is 5.00. The molecule has 0 aliphatic rings. The Kier molecular flexibility index (Phi) is 7.78. The van der Waals surface area contributed by atoms with Gasteiger partial charge in [0.15, 0.2) is 5.69 Å². The van der Waals surface area contributed by atoms with E-state index in [4.69, 9.17) is 9.15 Å². The largest absolute Gasteiger partial charge is 1.00 e. The Balaban J connectivity index is 0.00000272. The van der Waals surface area contributed by atoms with Gasteiger partial charge in [-0.2, -0.15) is 0 Å². The first kappa shape index (κ1) is 22.9. The fourth-order valence-electron chi connectivity index (χ4n) is 3.65. The zero-order chi connectivity index (χ0) is 20.8. The summed E-state index contributed by atoms with van der Waals surface area (Å²) in [6.45, 7) is 2.08. The number of esters is 1. The van der Waals surface area contributed by atoms with E-state index in [1.54, 1.807) is 6.92 Å². The number of carbonyl (C=O) groups excluding carboxylic acids is 1. The van der Waals surface area contributed by atoms with E-state index in [1.807, 2.05) is 18.2 Å². The van der Waals surface area contributed by atoms with E-state index in [9.17, 15) is 4.79 Å². The van der Waals surface area contributed by atoms with Crippen molar-refractivity contribution in [2.45, 2.75) is 13.1 Å². The summed E-state index contributed by atoms with van der Waals surface area (Å²) in [5, 5.41) is 3.70. The minimum atomic E-state index is -2.12. The van der Waals surface area contributed by atoms with Gasteiger partial charge in [-0.3, -0.25) is 0 Å². The molecule has 1 heterocycles. The predicted octanol–water partition coefficient (Wildman–Crippen LogP) is 1.35. The standard InChI is InChI=1S/C25H23NO3P.BrH/c1-2-28-25(27)23-18-29-24(26-23)19-30(20-12-6-3-7-13-20,21-14-8-4-9-15-21)22-16-10-5-11-17-22;/h3-18H,2,19H2,1H3;1H/q+1;/p-1. The Labute approximate surface area is 193 Å². The molecule has 0 aliphatic heterocycles. The molecule has 4 aromatic rings. The highest BCUT2D eigenvalue weighted by molar-refractivity contribution is 7.95. The molecule has 0 fully saturated rings. The number of halogens is 1. The van der Waals surface area contributed by atoms with Gasteiger partial charge in [-0.05, 0) is 43.3 Å². The third kappa shape index (κ3) is 4.79. The first-order valence-electron chi connectivity index (χ1n) is 9.90. The molecule has 0 atom stereocenters. The lowest BCUT2D eigenvalue weighted by Crippen LogP contribution is -3.00. The molecule has 0 saturated heterocycles. The molecule has 4 nitrogen and oxygen atoms in total. The van der Waals surface area contributed by atoms with Crippen molar-refractivity contribution in [3.05, 3.63) is 109 Å². The Bertz CT molecular complexity index is 1000. The average molecular weight is 496 g/mol. The van der Waals surface area contributed by atoms with Gasteiger partial charge in [0, 0.05) is 0 Å². The van der Waals surface area contributed by atoms with E-state index >= 15 is 0 Å². The van der Waals surface area contributed by atoms with Crippen molar-refractivity contribution in [2.24, 2.45) is 0 Å². The summed E-state index contributed by atoms with van der Waals surface area (Å²) in [5.74, 6) is 0.0681. The highest BCUT2D eigenvalue weighted by Gasteiger charge is 2.47. The maximum absolute atomic E-state index is 12.1. The van der Waals surface area contributed by atoms with Crippen molar-refractivity contribution in [1.29, 1.82) is 0 Å². The van der Waals surface area contributed by atoms with E-state index < -0.39 is 13.2 Å². The third-order valence-corrected chi connectivity index (χ3v) is 9.28. The van der Waals surface area contributed by atoms with Crippen LogP contribution in [-0.4, -0.2) is 17.6 Å². The Morgan fingerprint density at radius 3 is 1.71 bits per heavy atom. The van der Waals surface area contributed by atoms with Crippen molar-refractivity contribution in [2.75, 3.05) is 6.61 Å². The van der Waals surface area contributed by atoms with Crippen LogP contribution in [0.2, 0.25) is 0 Å². The SMILES string of the molecule is CCOC(=O)c1coc(C[P+](c2ccccc2)(c2ccccc2)c2ccccc2)n1.[Br-]. The van der Waals surface area contributed by atoms with Crippen LogP contribution in [0.5, 0.6) is 0 Å². The van der Waals surface area contributed by atoms with Crippen LogP contribution in [0, 0.1) is 0 Å². The molecule has 0 N–H and O–H groups in total. The first-order chi connectivity index (χ1) is 14.7. The lowest BCUT2D eigenvalue weighted by molar-refractivity contribution is -0.0000246. The monoisotopic (exact) mass is 495 g/mol. The molecule has 0 bridgehead atoms. The Morgan fingerprint density at radius 2 is 1.29 bits per heavy atom. The molecule has 158 valence electrons. The first-order valence-corrected chi connectivity index (χ1v) is 11.9. The Hall–Kier alpha value is -2.75. The van der Waals surface area contributed by atoms with Crippen molar-refractivity contribution in [1.82, 2.24) is 4.98 Å². The highest BCUT2D eigenvalue weighted by atomic mass is 79.9. The number of rotatable bonds is 7. The fraction of sp³-hybridized carbons (Fsp3) is 0.120. The number of hydrogen-bond acceptors (Lipinski definition) is 4. The summed E-state index contributed by atoms with van der Waals surface area (Å²) >= 11 is 0. The van der Waals surface area contributed by atoms with E-state index in [0.717, 1.165) is 0 Å². The molecule has 3 aromatic carbocycles. The van der Waals surface area contributed by atoms with E-state index in [-0.39, 0.29) is 22.7 Å². The summed E-state index contributed by atoms with van der Waals surface area (Å²) < 4.78 is 10.8. The fourth-order valence-corrected chi connectivity index (χ4v) is 7.69. The molecular formula is C25H23BrNO3P. The van der Waals surface area contributed by atoms with E-state index in [1.165, 1.54) is 22.2 Å². The molecule has 0 amide bonds. The van der Waals surface area contributed by atoms with Gasteiger partial charge in [0.1, 0.15) is 35.6 Å². The summed E-state index contributed by atoms with van der Waals surface area (Å²) in [7, 11) is -2.12. The lowest BCUT2D eigenvalue weighted by Gasteiger charge is -2.26. The minimum Gasteiger partial charge on any atom is -1.00 e. The van der Waals surface area contributed by atoms with Gasteiger partial charge in [0.2, 0.25) is 5.89 Å². The van der Waals surface area contributed by atoms with Crippen molar-refractivity contribution in [3.63, 3.8) is 0 Å². The van der Waals surface area contributed by atoms with Gasteiger partial charge in [0.25, 0.3) is 0 Å². The molecule has 31 heavy (non-hydrogen) atoms. The second-order valence-corrected chi connectivity index (χ2v) is 10.3. The number of aromatic nitrogens is 1. The summed E-state index contributed by atoms with van der Waals surface area (Å²) in [4.78, 5) is 16.6. The normalized spacial score (nSPS) is 10.9. The number of hydrogen-bond donors (Lipinski definition) is 0. The number of ether oxygens (including phenoxy) is 1. The van der Waals surface area contributed by atoms with Gasteiger partial charge < -0.3 is 26.1 Å². The van der Waals surface area contributed by atoms with Crippen LogP contribution >= 0.6 is 7.26 Å². The molecule has 0 aliphatic carbocycles. The van der Waals surface area contributed by atoms with Crippen LogP contribution in [-0.2, 0) is 10.9 Å². The molecule has 0 saturated carbocycles. The van der Waals surface area contributed by atoms with Crippen LogP contribution < -0.4 is 32.9 Å².